The molecule has 0 amide bonds. The lowest BCUT2D eigenvalue weighted by Gasteiger charge is -2.13. The van der Waals surface area contributed by atoms with E-state index in [9.17, 15) is 0 Å². The van der Waals surface area contributed by atoms with Crippen LogP contribution in [0.4, 0.5) is 0 Å². The van der Waals surface area contributed by atoms with Crippen molar-refractivity contribution >= 4 is 0 Å². The maximum atomic E-state index is 3.77. The fourth-order valence-corrected chi connectivity index (χ4v) is 5.42. The van der Waals surface area contributed by atoms with E-state index in [4.69, 9.17) is 0 Å². The van der Waals surface area contributed by atoms with Gasteiger partial charge in [-0.3, -0.25) is 0 Å². The Morgan fingerprint density at radius 2 is 0.600 bits per heavy atom. The van der Waals surface area contributed by atoms with Gasteiger partial charge in [-0.1, -0.05) is 187 Å². The van der Waals surface area contributed by atoms with Crippen LogP contribution in [-0.2, 0) is 0 Å². The fourth-order valence-electron chi connectivity index (χ4n) is 5.42. The molecule has 0 aliphatic carbocycles. The maximum Gasteiger partial charge on any atom is 0.00387 e. The van der Waals surface area contributed by atoms with E-state index in [1.165, 1.54) is 193 Å². The first-order chi connectivity index (χ1) is 17.3. The Hall–Kier alpha value is -0.0400. The molecule has 0 aromatic rings. The molecule has 0 aliphatic heterocycles. The standard InChI is InChI=1S/C34H71N/c1-4-6-8-10-12-14-16-18-20-22-24-26-28-30-32-34(3)35-33-31-29-27-25-23-21-19-17-15-13-11-9-7-5-2/h34-35H,4-33H2,1-3H3. The number of hydrogen-bond donors (Lipinski definition) is 1. The van der Waals surface area contributed by atoms with Gasteiger partial charge >= 0.3 is 0 Å². The smallest absolute Gasteiger partial charge is 0.00387 e. The van der Waals surface area contributed by atoms with Crippen molar-refractivity contribution in [1.29, 1.82) is 0 Å². The highest BCUT2D eigenvalue weighted by Crippen LogP contribution is 2.15. The number of unbranched alkanes of at least 4 members (excludes halogenated alkanes) is 26. The Morgan fingerprint density at radius 1 is 0.343 bits per heavy atom. The van der Waals surface area contributed by atoms with Gasteiger partial charge in [-0.2, -0.15) is 0 Å². The summed E-state index contributed by atoms with van der Waals surface area (Å²) in [4.78, 5) is 0. The largest absolute Gasteiger partial charge is 0.314 e. The molecule has 0 bridgehead atoms. The molecular weight excluding hydrogens is 422 g/mol. The van der Waals surface area contributed by atoms with Crippen molar-refractivity contribution in [3.63, 3.8) is 0 Å². The molecule has 0 spiro atoms. The quantitative estimate of drug-likeness (QED) is 0.0946. The van der Waals surface area contributed by atoms with Gasteiger partial charge < -0.3 is 5.32 Å². The first-order valence-electron chi connectivity index (χ1n) is 17.0. The monoisotopic (exact) mass is 494 g/mol. The van der Waals surface area contributed by atoms with Crippen LogP contribution in [-0.4, -0.2) is 12.6 Å². The molecule has 1 unspecified atom stereocenters. The van der Waals surface area contributed by atoms with Crippen molar-refractivity contribution < 1.29 is 0 Å². The molecule has 1 atom stereocenters. The van der Waals surface area contributed by atoms with Crippen LogP contribution in [0.15, 0.2) is 0 Å². The van der Waals surface area contributed by atoms with E-state index in [-0.39, 0.29) is 0 Å². The van der Waals surface area contributed by atoms with E-state index in [0.717, 1.165) is 0 Å². The van der Waals surface area contributed by atoms with E-state index >= 15 is 0 Å². The van der Waals surface area contributed by atoms with Gasteiger partial charge in [0.1, 0.15) is 0 Å². The van der Waals surface area contributed by atoms with Gasteiger partial charge in [0.15, 0.2) is 0 Å². The van der Waals surface area contributed by atoms with Gasteiger partial charge in [-0.15, -0.1) is 0 Å². The summed E-state index contributed by atoms with van der Waals surface area (Å²) in [5.74, 6) is 0. The van der Waals surface area contributed by atoms with Crippen LogP contribution in [0.5, 0.6) is 0 Å². The molecule has 1 N–H and O–H groups in total. The molecule has 0 fully saturated rings. The summed E-state index contributed by atoms with van der Waals surface area (Å²) in [6.45, 7) is 8.24. The molecule has 0 aromatic carbocycles. The second-order valence-corrected chi connectivity index (χ2v) is 11.8. The van der Waals surface area contributed by atoms with E-state index in [2.05, 4.69) is 26.1 Å². The zero-order valence-corrected chi connectivity index (χ0v) is 25.3. The van der Waals surface area contributed by atoms with Crippen LogP contribution < -0.4 is 5.32 Å². The number of nitrogens with one attached hydrogen (secondary N) is 1. The van der Waals surface area contributed by atoms with E-state index in [0.29, 0.717) is 6.04 Å². The van der Waals surface area contributed by atoms with E-state index < -0.39 is 0 Å². The average Bonchev–Trinajstić information content (AvgIpc) is 2.86. The lowest BCUT2D eigenvalue weighted by atomic mass is 10.0. The van der Waals surface area contributed by atoms with Crippen molar-refractivity contribution in [2.45, 2.75) is 213 Å². The lowest BCUT2D eigenvalue weighted by molar-refractivity contribution is 0.462. The summed E-state index contributed by atoms with van der Waals surface area (Å²) in [6, 6.07) is 0.717. The average molecular weight is 494 g/mol. The minimum atomic E-state index is 0.717. The van der Waals surface area contributed by atoms with Crippen LogP contribution in [0.2, 0.25) is 0 Å². The normalized spacial score (nSPS) is 12.4. The number of rotatable bonds is 31. The summed E-state index contributed by atoms with van der Waals surface area (Å²) < 4.78 is 0. The molecule has 212 valence electrons. The minimum absolute atomic E-state index is 0.717. The topological polar surface area (TPSA) is 12.0 Å². The van der Waals surface area contributed by atoms with Crippen molar-refractivity contribution in [2.75, 3.05) is 6.54 Å². The maximum absolute atomic E-state index is 3.77. The fraction of sp³-hybridized carbons (Fsp3) is 1.00. The predicted octanol–water partition coefficient (Wildman–Crippen LogP) is 12.3. The highest BCUT2D eigenvalue weighted by atomic mass is 14.9. The van der Waals surface area contributed by atoms with E-state index in [1.807, 2.05) is 0 Å². The molecular formula is C34H71N. The van der Waals surface area contributed by atoms with Gasteiger partial charge in [-0.25, -0.2) is 0 Å². The molecule has 0 heterocycles. The summed E-state index contributed by atoms with van der Waals surface area (Å²) >= 11 is 0. The van der Waals surface area contributed by atoms with Crippen LogP contribution >= 0.6 is 0 Å². The van der Waals surface area contributed by atoms with Gasteiger partial charge in [0.25, 0.3) is 0 Å². The van der Waals surface area contributed by atoms with Crippen molar-refractivity contribution in [3.8, 4) is 0 Å². The molecule has 0 saturated carbocycles. The molecule has 1 nitrogen and oxygen atoms in total. The molecule has 0 aromatic heterocycles. The van der Waals surface area contributed by atoms with Crippen molar-refractivity contribution in [2.24, 2.45) is 0 Å². The van der Waals surface area contributed by atoms with Crippen LogP contribution in [0.3, 0.4) is 0 Å². The second-order valence-electron chi connectivity index (χ2n) is 11.8. The van der Waals surface area contributed by atoms with E-state index in [1.54, 1.807) is 0 Å². The Kier molecular flexibility index (Phi) is 32.0. The third kappa shape index (κ3) is 31.9. The highest BCUT2D eigenvalue weighted by Gasteiger charge is 2.01. The molecule has 35 heavy (non-hydrogen) atoms. The van der Waals surface area contributed by atoms with Crippen LogP contribution in [0, 0.1) is 0 Å². The van der Waals surface area contributed by atoms with Crippen LogP contribution in [0.1, 0.15) is 207 Å². The lowest BCUT2D eigenvalue weighted by Crippen LogP contribution is -2.26. The first kappa shape index (κ1) is 35.0. The Morgan fingerprint density at radius 3 is 0.914 bits per heavy atom. The molecule has 0 rings (SSSR count). The second kappa shape index (κ2) is 32.0. The van der Waals surface area contributed by atoms with Gasteiger partial charge in [0, 0.05) is 6.04 Å². The number of hydrogen-bond acceptors (Lipinski definition) is 1. The molecule has 0 radical (unpaired) electrons. The SMILES string of the molecule is CCCCCCCCCCCCCCCCNC(C)CCCCCCCCCCCCCCCC. The molecule has 0 aliphatic rings. The predicted molar refractivity (Wildman–Crippen MR) is 163 cm³/mol. The third-order valence-electron chi connectivity index (χ3n) is 8.01. The Balaban J connectivity index is 3.13. The highest BCUT2D eigenvalue weighted by molar-refractivity contribution is 4.61. The zero-order chi connectivity index (χ0) is 25.5. The minimum Gasteiger partial charge on any atom is -0.314 e. The van der Waals surface area contributed by atoms with Gasteiger partial charge in [0.2, 0.25) is 0 Å². The third-order valence-corrected chi connectivity index (χ3v) is 8.01. The molecule has 1 heteroatoms. The van der Waals surface area contributed by atoms with Crippen molar-refractivity contribution in [3.05, 3.63) is 0 Å². The van der Waals surface area contributed by atoms with Gasteiger partial charge in [-0.05, 0) is 26.3 Å². The summed E-state index contributed by atoms with van der Waals surface area (Å²) in [5, 5.41) is 3.77. The zero-order valence-electron chi connectivity index (χ0n) is 25.3. The van der Waals surface area contributed by atoms with Crippen molar-refractivity contribution in [1.82, 2.24) is 5.32 Å². The van der Waals surface area contributed by atoms with Crippen LogP contribution in [0.25, 0.3) is 0 Å². The summed E-state index contributed by atoms with van der Waals surface area (Å²) in [7, 11) is 0. The Bertz CT molecular complexity index is 352. The molecule has 0 saturated heterocycles. The van der Waals surface area contributed by atoms with Gasteiger partial charge in [0.05, 0.1) is 0 Å². The summed E-state index contributed by atoms with van der Waals surface area (Å²) in [5.41, 5.74) is 0. The Labute approximate surface area is 224 Å². The summed E-state index contributed by atoms with van der Waals surface area (Å²) in [6.07, 6.45) is 42.1. The first-order valence-corrected chi connectivity index (χ1v) is 17.0.